The Balaban J connectivity index is 2.14. The summed E-state index contributed by atoms with van der Waals surface area (Å²) in [7, 11) is 0. The van der Waals surface area contributed by atoms with E-state index in [1.807, 2.05) is 0 Å². The van der Waals surface area contributed by atoms with E-state index in [0.717, 1.165) is 19.5 Å². The second-order valence-corrected chi connectivity index (χ2v) is 4.21. The average Bonchev–Trinajstić information content (AvgIpc) is 2.66. The minimum atomic E-state index is 0.751. The Labute approximate surface area is 93.5 Å². The topological polar surface area (TPSA) is 30.9 Å². The lowest BCUT2D eigenvalue weighted by Gasteiger charge is -2.02. The van der Waals surface area contributed by atoms with Crippen LogP contribution in [-0.2, 0) is 13.0 Å². The SMILES string of the molecule is CCCCCCCn1ccc(CCN)c1. The predicted molar refractivity (Wildman–Crippen MR) is 65.9 cm³/mol. The summed E-state index contributed by atoms with van der Waals surface area (Å²) in [6, 6.07) is 2.18. The molecule has 15 heavy (non-hydrogen) atoms. The van der Waals surface area contributed by atoms with Crippen molar-refractivity contribution in [2.75, 3.05) is 6.54 Å². The summed E-state index contributed by atoms with van der Waals surface area (Å²) in [4.78, 5) is 0. The van der Waals surface area contributed by atoms with Gasteiger partial charge in [0.15, 0.2) is 0 Å². The third-order valence-electron chi connectivity index (χ3n) is 2.76. The highest BCUT2D eigenvalue weighted by Gasteiger charge is 1.95. The highest BCUT2D eigenvalue weighted by Crippen LogP contribution is 2.06. The lowest BCUT2D eigenvalue weighted by molar-refractivity contribution is 0.569. The molecule has 1 aromatic rings. The summed E-state index contributed by atoms with van der Waals surface area (Å²) in [5, 5.41) is 0. The Morgan fingerprint density at radius 1 is 1.20 bits per heavy atom. The molecule has 2 N–H and O–H groups in total. The molecule has 0 aliphatic rings. The molecule has 0 radical (unpaired) electrons. The molecule has 0 spiro atoms. The van der Waals surface area contributed by atoms with Gasteiger partial charge in [0.2, 0.25) is 0 Å². The molecule has 0 aliphatic heterocycles. The highest BCUT2D eigenvalue weighted by atomic mass is 14.9. The van der Waals surface area contributed by atoms with Gasteiger partial charge in [0.1, 0.15) is 0 Å². The van der Waals surface area contributed by atoms with Gasteiger partial charge in [-0.1, -0.05) is 32.6 Å². The molecule has 1 aromatic heterocycles. The Morgan fingerprint density at radius 2 is 2.00 bits per heavy atom. The maximum atomic E-state index is 5.52. The van der Waals surface area contributed by atoms with Gasteiger partial charge in [-0.15, -0.1) is 0 Å². The molecule has 0 atom stereocenters. The molecule has 0 saturated carbocycles. The smallest absolute Gasteiger partial charge is 0.0219 e. The second kappa shape index (κ2) is 7.52. The van der Waals surface area contributed by atoms with Gasteiger partial charge in [-0.25, -0.2) is 0 Å². The number of hydrogen-bond donors (Lipinski definition) is 1. The number of nitrogens with zero attached hydrogens (tertiary/aromatic N) is 1. The minimum absolute atomic E-state index is 0.751. The van der Waals surface area contributed by atoms with Gasteiger partial charge < -0.3 is 10.3 Å². The maximum Gasteiger partial charge on any atom is 0.0219 e. The second-order valence-electron chi connectivity index (χ2n) is 4.21. The molecule has 1 rings (SSSR count). The third-order valence-corrected chi connectivity index (χ3v) is 2.76. The van der Waals surface area contributed by atoms with Crippen molar-refractivity contribution in [3.8, 4) is 0 Å². The summed E-state index contributed by atoms with van der Waals surface area (Å²) in [5.74, 6) is 0. The van der Waals surface area contributed by atoms with Crippen LogP contribution in [0.1, 0.15) is 44.6 Å². The number of hydrogen-bond acceptors (Lipinski definition) is 1. The molecular formula is C13H24N2. The van der Waals surface area contributed by atoms with Crippen LogP contribution in [-0.4, -0.2) is 11.1 Å². The molecule has 2 heteroatoms. The zero-order valence-corrected chi connectivity index (χ0v) is 9.91. The molecule has 0 unspecified atom stereocenters. The molecule has 0 aromatic carbocycles. The molecular weight excluding hydrogens is 184 g/mol. The van der Waals surface area contributed by atoms with Gasteiger partial charge >= 0.3 is 0 Å². The maximum absolute atomic E-state index is 5.52. The first-order chi connectivity index (χ1) is 7.36. The number of rotatable bonds is 8. The van der Waals surface area contributed by atoms with Crippen molar-refractivity contribution in [3.05, 3.63) is 24.0 Å². The monoisotopic (exact) mass is 208 g/mol. The summed E-state index contributed by atoms with van der Waals surface area (Å²) in [5.41, 5.74) is 6.88. The average molecular weight is 208 g/mol. The van der Waals surface area contributed by atoms with Gasteiger partial charge in [-0.2, -0.15) is 0 Å². The molecule has 2 nitrogen and oxygen atoms in total. The highest BCUT2D eigenvalue weighted by molar-refractivity contribution is 5.10. The Hall–Kier alpha value is -0.760. The van der Waals surface area contributed by atoms with Gasteiger partial charge in [-0.3, -0.25) is 0 Å². The first-order valence-electron chi connectivity index (χ1n) is 6.21. The van der Waals surface area contributed by atoms with Crippen LogP contribution in [0.15, 0.2) is 18.5 Å². The first-order valence-corrected chi connectivity index (χ1v) is 6.21. The number of aromatic nitrogens is 1. The van der Waals surface area contributed by atoms with E-state index in [4.69, 9.17) is 5.73 Å². The van der Waals surface area contributed by atoms with Crippen LogP contribution in [0.2, 0.25) is 0 Å². The van der Waals surface area contributed by atoms with Crippen LogP contribution in [0.4, 0.5) is 0 Å². The van der Waals surface area contributed by atoms with Crippen LogP contribution in [0, 0.1) is 0 Å². The van der Waals surface area contributed by atoms with Crippen LogP contribution < -0.4 is 5.73 Å². The largest absolute Gasteiger partial charge is 0.354 e. The summed E-state index contributed by atoms with van der Waals surface area (Å²) >= 11 is 0. The quantitative estimate of drug-likeness (QED) is 0.654. The Kier molecular flexibility index (Phi) is 6.17. The predicted octanol–water partition coefficient (Wildman–Crippen LogP) is 2.96. The normalized spacial score (nSPS) is 10.8. The summed E-state index contributed by atoms with van der Waals surface area (Å²) in [6.07, 6.45) is 12.1. The van der Waals surface area contributed by atoms with Crippen molar-refractivity contribution in [2.24, 2.45) is 5.73 Å². The van der Waals surface area contributed by atoms with E-state index >= 15 is 0 Å². The summed E-state index contributed by atoms with van der Waals surface area (Å²) in [6.45, 7) is 4.17. The molecule has 0 aliphatic carbocycles. The molecule has 0 amide bonds. The summed E-state index contributed by atoms with van der Waals surface area (Å²) < 4.78 is 2.29. The van der Waals surface area contributed by atoms with Crippen LogP contribution >= 0.6 is 0 Å². The lowest BCUT2D eigenvalue weighted by atomic mass is 10.1. The van der Waals surface area contributed by atoms with E-state index in [1.54, 1.807) is 0 Å². The van der Waals surface area contributed by atoms with Crippen molar-refractivity contribution in [3.63, 3.8) is 0 Å². The van der Waals surface area contributed by atoms with Gasteiger partial charge in [0.25, 0.3) is 0 Å². The molecule has 86 valence electrons. The van der Waals surface area contributed by atoms with E-state index in [0.29, 0.717) is 0 Å². The zero-order chi connectivity index (χ0) is 10.9. The van der Waals surface area contributed by atoms with Crippen molar-refractivity contribution in [1.29, 1.82) is 0 Å². The van der Waals surface area contributed by atoms with E-state index < -0.39 is 0 Å². The third kappa shape index (κ3) is 5.03. The molecule has 0 fully saturated rings. The first kappa shape index (κ1) is 12.3. The lowest BCUT2D eigenvalue weighted by Crippen LogP contribution is -2.02. The van der Waals surface area contributed by atoms with Crippen LogP contribution in [0.25, 0.3) is 0 Å². The molecule has 1 heterocycles. The standard InChI is InChI=1S/C13H24N2/c1-2-3-4-5-6-10-15-11-8-13(12-15)7-9-14/h8,11-12H,2-7,9-10,14H2,1H3. The van der Waals surface area contributed by atoms with E-state index in [1.165, 1.54) is 37.7 Å². The Morgan fingerprint density at radius 3 is 2.73 bits per heavy atom. The number of nitrogens with two attached hydrogens (primary N) is 1. The van der Waals surface area contributed by atoms with Crippen LogP contribution in [0.5, 0.6) is 0 Å². The zero-order valence-electron chi connectivity index (χ0n) is 9.91. The molecule has 0 saturated heterocycles. The van der Waals surface area contributed by atoms with Gasteiger partial charge in [0.05, 0.1) is 0 Å². The van der Waals surface area contributed by atoms with Crippen LogP contribution in [0.3, 0.4) is 0 Å². The fraction of sp³-hybridized carbons (Fsp3) is 0.692. The number of unbranched alkanes of at least 4 members (excludes halogenated alkanes) is 4. The van der Waals surface area contributed by atoms with Gasteiger partial charge in [-0.05, 0) is 31.0 Å². The minimum Gasteiger partial charge on any atom is -0.354 e. The van der Waals surface area contributed by atoms with Crippen molar-refractivity contribution in [2.45, 2.75) is 52.0 Å². The fourth-order valence-electron chi connectivity index (χ4n) is 1.84. The van der Waals surface area contributed by atoms with E-state index in [2.05, 4.69) is 30.0 Å². The van der Waals surface area contributed by atoms with Crippen molar-refractivity contribution >= 4 is 0 Å². The van der Waals surface area contributed by atoms with Crippen molar-refractivity contribution < 1.29 is 0 Å². The number of aryl methyl sites for hydroxylation is 1. The van der Waals surface area contributed by atoms with E-state index in [-0.39, 0.29) is 0 Å². The van der Waals surface area contributed by atoms with E-state index in [9.17, 15) is 0 Å². The molecule has 0 bridgehead atoms. The van der Waals surface area contributed by atoms with Gasteiger partial charge in [0, 0.05) is 18.9 Å². The van der Waals surface area contributed by atoms with Crippen molar-refractivity contribution in [1.82, 2.24) is 4.57 Å². The Bertz CT molecular complexity index is 253. The fourth-order valence-corrected chi connectivity index (χ4v) is 1.84.